The van der Waals surface area contributed by atoms with Gasteiger partial charge in [-0.15, -0.1) is 0 Å². The van der Waals surface area contributed by atoms with Gasteiger partial charge in [-0.1, -0.05) is 31.9 Å². The molecule has 1 unspecified atom stereocenters. The highest BCUT2D eigenvalue weighted by molar-refractivity contribution is 5.07. The van der Waals surface area contributed by atoms with Crippen LogP contribution in [-0.2, 0) is 0 Å². The largest absolute Gasteiger partial charge is 0.281 e. The monoisotopic (exact) mass is 239 g/mol. The van der Waals surface area contributed by atoms with Crippen molar-refractivity contribution in [2.24, 2.45) is 0 Å². The first-order chi connectivity index (χ1) is 8.13. The molecule has 100 valence electrons. The Kier molecular flexibility index (Phi) is 6.17. The van der Waals surface area contributed by atoms with Crippen LogP contribution in [0.3, 0.4) is 0 Å². The molecule has 1 aliphatic rings. The van der Waals surface area contributed by atoms with Gasteiger partial charge in [0.25, 0.3) is 0 Å². The molecule has 3 heteroatoms. The van der Waals surface area contributed by atoms with Crippen molar-refractivity contribution in [2.45, 2.75) is 46.6 Å². The fourth-order valence-electron chi connectivity index (χ4n) is 2.49. The maximum absolute atomic E-state index is 2.62. The number of allylic oxidation sites excluding steroid dienone is 1. The van der Waals surface area contributed by atoms with E-state index >= 15 is 0 Å². The third-order valence-electron chi connectivity index (χ3n) is 3.91. The van der Waals surface area contributed by atoms with Crippen LogP contribution in [-0.4, -0.2) is 54.3 Å². The maximum Gasteiger partial charge on any atom is 0.0654 e. The van der Waals surface area contributed by atoms with E-state index in [0.717, 1.165) is 13.2 Å². The van der Waals surface area contributed by atoms with Gasteiger partial charge in [-0.3, -0.25) is 4.90 Å². The molecular weight excluding hydrogens is 210 g/mol. The first kappa shape index (κ1) is 14.7. The normalized spacial score (nSPS) is 21.4. The highest BCUT2D eigenvalue weighted by Crippen LogP contribution is 2.20. The summed E-state index contributed by atoms with van der Waals surface area (Å²) in [4.78, 5) is 2.62. The molecule has 0 saturated carbocycles. The molecule has 0 spiro atoms. The molecule has 1 saturated heterocycles. The van der Waals surface area contributed by atoms with Crippen LogP contribution in [0.4, 0.5) is 0 Å². The molecule has 0 radical (unpaired) electrons. The van der Waals surface area contributed by atoms with Gasteiger partial charge in [0.05, 0.1) is 6.67 Å². The lowest BCUT2D eigenvalue weighted by Gasteiger charge is -2.31. The summed E-state index contributed by atoms with van der Waals surface area (Å²) in [6.07, 6.45) is 4.81. The zero-order valence-electron chi connectivity index (χ0n) is 12.2. The van der Waals surface area contributed by atoms with Crippen molar-refractivity contribution in [3.63, 3.8) is 0 Å². The molecule has 0 aromatic carbocycles. The van der Waals surface area contributed by atoms with Crippen molar-refractivity contribution < 1.29 is 0 Å². The lowest BCUT2D eigenvalue weighted by molar-refractivity contribution is 0.00868. The van der Waals surface area contributed by atoms with Crippen LogP contribution in [0, 0.1) is 0 Å². The van der Waals surface area contributed by atoms with E-state index in [0.29, 0.717) is 6.04 Å². The van der Waals surface area contributed by atoms with E-state index in [1.807, 2.05) is 0 Å². The quantitative estimate of drug-likeness (QED) is 0.660. The highest BCUT2D eigenvalue weighted by Gasteiger charge is 2.28. The Balaban J connectivity index is 2.60. The Labute approximate surface area is 107 Å². The fraction of sp³-hybridized carbons (Fsp3) is 0.857. The molecule has 0 N–H and O–H groups in total. The summed E-state index contributed by atoms with van der Waals surface area (Å²) >= 11 is 0. The average Bonchev–Trinajstić information content (AvgIpc) is 2.83. The van der Waals surface area contributed by atoms with Crippen LogP contribution in [0.2, 0.25) is 0 Å². The van der Waals surface area contributed by atoms with E-state index in [4.69, 9.17) is 0 Å². The minimum atomic E-state index is 0.639. The van der Waals surface area contributed by atoms with Gasteiger partial charge in [0, 0.05) is 32.7 Å². The summed E-state index contributed by atoms with van der Waals surface area (Å²) in [5.41, 5.74) is 1.52. The molecule has 1 heterocycles. The first-order valence-electron chi connectivity index (χ1n) is 6.96. The van der Waals surface area contributed by atoms with Crippen molar-refractivity contribution in [3.8, 4) is 0 Å². The van der Waals surface area contributed by atoms with E-state index in [-0.39, 0.29) is 0 Å². The van der Waals surface area contributed by atoms with Crippen LogP contribution in [0.1, 0.15) is 40.5 Å². The van der Waals surface area contributed by atoms with Gasteiger partial charge < -0.3 is 0 Å². The van der Waals surface area contributed by atoms with Crippen molar-refractivity contribution in [2.75, 3.05) is 33.4 Å². The van der Waals surface area contributed by atoms with Gasteiger partial charge >= 0.3 is 0 Å². The van der Waals surface area contributed by atoms with Gasteiger partial charge in [-0.2, -0.15) is 0 Å². The number of nitrogens with zero attached hydrogens (tertiary/aromatic N) is 3. The van der Waals surface area contributed by atoms with Gasteiger partial charge in [-0.25, -0.2) is 10.0 Å². The van der Waals surface area contributed by atoms with Crippen LogP contribution < -0.4 is 0 Å². The van der Waals surface area contributed by atoms with Crippen LogP contribution >= 0.6 is 0 Å². The maximum atomic E-state index is 2.62. The summed E-state index contributed by atoms with van der Waals surface area (Å²) in [6.45, 7) is 13.5. The molecule has 17 heavy (non-hydrogen) atoms. The topological polar surface area (TPSA) is 9.72 Å². The Morgan fingerprint density at radius 1 is 1.35 bits per heavy atom. The average molecular weight is 239 g/mol. The van der Waals surface area contributed by atoms with Crippen LogP contribution in [0.15, 0.2) is 11.6 Å². The minimum absolute atomic E-state index is 0.639. The third kappa shape index (κ3) is 3.80. The van der Waals surface area contributed by atoms with Crippen LogP contribution in [0.25, 0.3) is 0 Å². The zero-order valence-corrected chi connectivity index (χ0v) is 12.2. The minimum Gasteiger partial charge on any atom is -0.281 e. The third-order valence-corrected chi connectivity index (χ3v) is 3.91. The molecule has 0 amide bonds. The van der Waals surface area contributed by atoms with E-state index in [1.165, 1.54) is 31.5 Å². The molecular formula is C14H29N3. The predicted molar refractivity (Wildman–Crippen MR) is 74.7 cm³/mol. The molecule has 0 aromatic rings. The SMILES string of the molecule is CC=C(C)C(CCC)N1CCN(N(C)CC)C1. The Bertz CT molecular complexity index is 250. The number of rotatable bonds is 6. The molecule has 0 bridgehead atoms. The molecule has 1 atom stereocenters. The van der Waals surface area contributed by atoms with Crippen molar-refractivity contribution in [3.05, 3.63) is 11.6 Å². The fourth-order valence-corrected chi connectivity index (χ4v) is 2.49. The first-order valence-corrected chi connectivity index (χ1v) is 6.96. The lowest BCUT2D eigenvalue weighted by atomic mass is 10.0. The zero-order chi connectivity index (χ0) is 12.8. The second-order valence-corrected chi connectivity index (χ2v) is 4.99. The van der Waals surface area contributed by atoms with Crippen molar-refractivity contribution in [1.82, 2.24) is 14.9 Å². The Morgan fingerprint density at radius 2 is 2.06 bits per heavy atom. The summed E-state index contributed by atoms with van der Waals surface area (Å²) in [5.74, 6) is 0. The second-order valence-electron chi connectivity index (χ2n) is 4.99. The van der Waals surface area contributed by atoms with Crippen molar-refractivity contribution in [1.29, 1.82) is 0 Å². The van der Waals surface area contributed by atoms with Crippen molar-refractivity contribution >= 4 is 0 Å². The molecule has 1 fully saturated rings. The number of hydrogen-bond acceptors (Lipinski definition) is 3. The summed E-state index contributed by atoms with van der Waals surface area (Å²) in [7, 11) is 2.18. The Hall–Kier alpha value is -0.380. The van der Waals surface area contributed by atoms with E-state index < -0.39 is 0 Å². The predicted octanol–water partition coefficient (Wildman–Crippen LogP) is 2.56. The second kappa shape index (κ2) is 7.14. The Morgan fingerprint density at radius 3 is 2.59 bits per heavy atom. The molecule has 1 rings (SSSR count). The highest BCUT2D eigenvalue weighted by atomic mass is 15.7. The van der Waals surface area contributed by atoms with E-state index in [9.17, 15) is 0 Å². The van der Waals surface area contributed by atoms with E-state index in [1.54, 1.807) is 0 Å². The number of hydrogen-bond donors (Lipinski definition) is 0. The lowest BCUT2D eigenvalue weighted by Crippen LogP contribution is -2.41. The van der Waals surface area contributed by atoms with Gasteiger partial charge in [0.2, 0.25) is 0 Å². The summed E-state index contributed by atoms with van der Waals surface area (Å²) in [6, 6.07) is 0.639. The molecule has 0 aliphatic carbocycles. The van der Waals surface area contributed by atoms with Gasteiger partial charge in [0.15, 0.2) is 0 Å². The molecule has 1 aliphatic heterocycles. The van der Waals surface area contributed by atoms with E-state index in [2.05, 4.69) is 55.7 Å². The standard InChI is InChI=1S/C14H29N3/c1-6-9-14(13(4)7-2)16-10-11-17(12-16)15(5)8-3/h7,14H,6,8-12H2,1-5H3. The molecule has 3 nitrogen and oxygen atoms in total. The van der Waals surface area contributed by atoms with Crippen LogP contribution in [0.5, 0.6) is 0 Å². The summed E-state index contributed by atoms with van der Waals surface area (Å²) < 4.78 is 0. The number of hydrazine groups is 1. The van der Waals surface area contributed by atoms with Gasteiger partial charge in [-0.05, 0) is 20.3 Å². The van der Waals surface area contributed by atoms with Gasteiger partial charge in [0.1, 0.15) is 0 Å². The summed E-state index contributed by atoms with van der Waals surface area (Å²) in [5, 5.41) is 4.78. The smallest absolute Gasteiger partial charge is 0.0654 e. The molecule has 0 aromatic heterocycles.